The fraction of sp³-hybridized carbons (Fsp3) is 0.714. The second-order valence-corrected chi connectivity index (χ2v) is 5.10. The van der Waals surface area contributed by atoms with Gasteiger partial charge in [-0.25, -0.2) is 0 Å². The van der Waals surface area contributed by atoms with Gasteiger partial charge in [0.25, 0.3) is 0 Å². The Labute approximate surface area is 110 Å². The van der Waals surface area contributed by atoms with E-state index in [0.29, 0.717) is 25.2 Å². The first kappa shape index (κ1) is 15.2. The minimum atomic E-state index is 0.512. The van der Waals surface area contributed by atoms with E-state index in [1.807, 2.05) is 6.07 Å². The summed E-state index contributed by atoms with van der Waals surface area (Å²) < 4.78 is 11.0. The Hall–Kier alpha value is -0.840. The fourth-order valence-electron chi connectivity index (χ4n) is 2.06. The molecular formula is C14H26N2O2. The molecular weight excluding hydrogens is 228 g/mol. The molecule has 0 atom stereocenters. The van der Waals surface area contributed by atoms with Gasteiger partial charge in [0.2, 0.25) is 0 Å². The van der Waals surface area contributed by atoms with Crippen LogP contribution in [0.1, 0.15) is 39.0 Å². The summed E-state index contributed by atoms with van der Waals surface area (Å²) in [7, 11) is 0. The van der Waals surface area contributed by atoms with Crippen LogP contribution in [0.25, 0.3) is 0 Å². The highest BCUT2D eigenvalue weighted by Crippen LogP contribution is 2.09. The zero-order valence-electron chi connectivity index (χ0n) is 12.0. The van der Waals surface area contributed by atoms with Crippen LogP contribution in [0.4, 0.5) is 0 Å². The summed E-state index contributed by atoms with van der Waals surface area (Å²) in [5, 5.41) is 0. The Morgan fingerprint density at radius 1 is 1.28 bits per heavy atom. The van der Waals surface area contributed by atoms with Crippen LogP contribution in [0, 0.1) is 0 Å². The van der Waals surface area contributed by atoms with E-state index in [-0.39, 0.29) is 0 Å². The molecule has 4 heteroatoms. The molecule has 1 aromatic heterocycles. The van der Waals surface area contributed by atoms with Crippen LogP contribution in [0.2, 0.25) is 0 Å². The van der Waals surface area contributed by atoms with Crippen LogP contribution in [0.3, 0.4) is 0 Å². The molecule has 0 amide bonds. The van der Waals surface area contributed by atoms with Crippen molar-refractivity contribution in [2.75, 3.05) is 13.2 Å². The summed E-state index contributed by atoms with van der Waals surface area (Å²) in [6.07, 6.45) is 1.69. The summed E-state index contributed by atoms with van der Waals surface area (Å²) in [4.78, 5) is 2.41. The normalized spacial score (nSPS) is 12.0. The van der Waals surface area contributed by atoms with Crippen LogP contribution < -0.4 is 5.73 Å². The van der Waals surface area contributed by atoms with Crippen LogP contribution >= 0.6 is 0 Å². The zero-order chi connectivity index (χ0) is 13.5. The highest BCUT2D eigenvalue weighted by molar-refractivity contribution is 5.11. The molecule has 18 heavy (non-hydrogen) atoms. The van der Waals surface area contributed by atoms with Gasteiger partial charge >= 0.3 is 0 Å². The van der Waals surface area contributed by atoms with E-state index in [9.17, 15) is 0 Å². The number of ether oxygens (including phenoxy) is 1. The van der Waals surface area contributed by atoms with E-state index in [2.05, 4.69) is 32.6 Å². The molecule has 0 aromatic carbocycles. The SMILES string of the molecule is CC(C)N(CCOCc1cc(CN)co1)C(C)C. The van der Waals surface area contributed by atoms with E-state index in [1.54, 1.807) is 6.26 Å². The predicted molar refractivity (Wildman–Crippen MR) is 73.2 cm³/mol. The lowest BCUT2D eigenvalue weighted by Crippen LogP contribution is -2.39. The third-order valence-corrected chi connectivity index (χ3v) is 3.01. The second kappa shape index (κ2) is 7.56. The van der Waals surface area contributed by atoms with Crippen molar-refractivity contribution in [2.45, 2.75) is 52.9 Å². The third-order valence-electron chi connectivity index (χ3n) is 3.01. The molecule has 1 rings (SSSR count). The van der Waals surface area contributed by atoms with Crippen LogP contribution in [-0.4, -0.2) is 30.1 Å². The average Bonchev–Trinajstić information content (AvgIpc) is 2.75. The van der Waals surface area contributed by atoms with E-state index >= 15 is 0 Å². The van der Waals surface area contributed by atoms with E-state index in [4.69, 9.17) is 14.9 Å². The maximum Gasteiger partial charge on any atom is 0.129 e. The van der Waals surface area contributed by atoms with Gasteiger partial charge in [-0.2, -0.15) is 0 Å². The highest BCUT2D eigenvalue weighted by atomic mass is 16.5. The third kappa shape index (κ3) is 4.80. The van der Waals surface area contributed by atoms with Gasteiger partial charge in [-0.05, 0) is 33.8 Å². The molecule has 0 unspecified atom stereocenters. The molecule has 1 heterocycles. The van der Waals surface area contributed by atoms with Gasteiger partial charge in [0.05, 0.1) is 12.9 Å². The maximum atomic E-state index is 5.63. The van der Waals surface area contributed by atoms with Gasteiger partial charge < -0.3 is 14.9 Å². The topological polar surface area (TPSA) is 51.6 Å². The van der Waals surface area contributed by atoms with Crippen molar-refractivity contribution in [2.24, 2.45) is 5.73 Å². The van der Waals surface area contributed by atoms with Gasteiger partial charge in [-0.15, -0.1) is 0 Å². The molecule has 0 aliphatic heterocycles. The monoisotopic (exact) mass is 254 g/mol. The van der Waals surface area contributed by atoms with Gasteiger partial charge in [-0.1, -0.05) is 0 Å². The van der Waals surface area contributed by atoms with Gasteiger partial charge in [-0.3, -0.25) is 4.90 Å². The number of hydrogen-bond donors (Lipinski definition) is 1. The lowest BCUT2D eigenvalue weighted by Gasteiger charge is -2.30. The summed E-state index contributed by atoms with van der Waals surface area (Å²) in [6.45, 7) is 11.5. The first-order valence-electron chi connectivity index (χ1n) is 6.64. The largest absolute Gasteiger partial charge is 0.467 e. The molecule has 4 nitrogen and oxygen atoms in total. The molecule has 0 radical (unpaired) electrons. The molecule has 0 fully saturated rings. The van der Waals surface area contributed by atoms with Crippen molar-refractivity contribution < 1.29 is 9.15 Å². The summed E-state index contributed by atoms with van der Waals surface area (Å²) >= 11 is 0. The Kier molecular flexibility index (Phi) is 6.39. The Morgan fingerprint density at radius 2 is 1.94 bits per heavy atom. The lowest BCUT2D eigenvalue weighted by molar-refractivity contribution is 0.0621. The molecule has 0 saturated heterocycles. The van der Waals surface area contributed by atoms with Crippen molar-refractivity contribution in [3.05, 3.63) is 23.7 Å². The molecule has 104 valence electrons. The maximum absolute atomic E-state index is 5.63. The number of nitrogens with two attached hydrogens (primary N) is 1. The minimum absolute atomic E-state index is 0.512. The Morgan fingerprint density at radius 3 is 2.44 bits per heavy atom. The molecule has 1 aromatic rings. The smallest absolute Gasteiger partial charge is 0.129 e. The lowest BCUT2D eigenvalue weighted by atomic mass is 10.2. The van der Waals surface area contributed by atoms with Crippen molar-refractivity contribution in [1.82, 2.24) is 4.90 Å². The highest BCUT2D eigenvalue weighted by Gasteiger charge is 2.12. The Bertz CT molecular complexity index is 326. The molecule has 0 spiro atoms. The summed E-state index contributed by atoms with van der Waals surface area (Å²) in [6, 6.07) is 3.03. The van der Waals surface area contributed by atoms with Crippen molar-refractivity contribution >= 4 is 0 Å². The van der Waals surface area contributed by atoms with Crippen LogP contribution in [0.15, 0.2) is 16.7 Å². The average molecular weight is 254 g/mol. The van der Waals surface area contributed by atoms with Gasteiger partial charge in [0.1, 0.15) is 12.4 Å². The fourth-order valence-corrected chi connectivity index (χ4v) is 2.06. The van der Waals surface area contributed by atoms with E-state index in [0.717, 1.165) is 24.5 Å². The molecule has 0 bridgehead atoms. The summed E-state index contributed by atoms with van der Waals surface area (Å²) in [5.41, 5.74) is 6.53. The number of rotatable bonds is 8. The minimum Gasteiger partial charge on any atom is -0.467 e. The quantitative estimate of drug-likeness (QED) is 0.724. The Balaban J connectivity index is 2.25. The van der Waals surface area contributed by atoms with Gasteiger partial charge in [0, 0.05) is 30.7 Å². The van der Waals surface area contributed by atoms with Crippen LogP contribution in [-0.2, 0) is 17.9 Å². The van der Waals surface area contributed by atoms with Crippen LogP contribution in [0.5, 0.6) is 0 Å². The van der Waals surface area contributed by atoms with Gasteiger partial charge in [0.15, 0.2) is 0 Å². The predicted octanol–water partition coefficient (Wildman–Crippen LogP) is 2.37. The molecule has 0 aliphatic rings. The van der Waals surface area contributed by atoms with Crippen molar-refractivity contribution in [1.29, 1.82) is 0 Å². The first-order valence-corrected chi connectivity index (χ1v) is 6.64. The number of hydrogen-bond acceptors (Lipinski definition) is 4. The standard InChI is InChI=1S/C14H26N2O2/c1-11(2)16(12(3)4)5-6-17-10-14-7-13(8-15)9-18-14/h7,9,11-12H,5-6,8,10,15H2,1-4H3. The number of furan rings is 1. The molecule has 2 N–H and O–H groups in total. The van der Waals surface area contributed by atoms with E-state index < -0.39 is 0 Å². The molecule has 0 aliphatic carbocycles. The van der Waals surface area contributed by atoms with Crippen molar-refractivity contribution in [3.63, 3.8) is 0 Å². The van der Waals surface area contributed by atoms with E-state index in [1.165, 1.54) is 0 Å². The summed E-state index contributed by atoms with van der Waals surface area (Å²) in [5.74, 6) is 0.844. The zero-order valence-corrected chi connectivity index (χ0v) is 12.0. The second-order valence-electron chi connectivity index (χ2n) is 5.10. The van der Waals surface area contributed by atoms with Crippen molar-refractivity contribution in [3.8, 4) is 0 Å². The first-order chi connectivity index (χ1) is 8.54. The molecule has 0 saturated carbocycles. The number of nitrogens with zero attached hydrogens (tertiary/aromatic N) is 1.